The van der Waals surface area contributed by atoms with Gasteiger partial charge in [0.25, 0.3) is 0 Å². The van der Waals surface area contributed by atoms with Crippen LogP contribution in [0.2, 0.25) is 0 Å². The van der Waals surface area contributed by atoms with E-state index < -0.39 is 0 Å². The molecule has 104 valence electrons. The molecule has 2 rings (SSSR count). The van der Waals surface area contributed by atoms with Crippen molar-refractivity contribution in [1.29, 1.82) is 0 Å². The number of hydrogen-bond acceptors (Lipinski definition) is 2. The van der Waals surface area contributed by atoms with Crippen LogP contribution < -0.4 is 4.74 Å². The van der Waals surface area contributed by atoms with E-state index in [9.17, 15) is 4.79 Å². The Hall–Kier alpha value is -2.09. The average molecular weight is 268 g/mol. The monoisotopic (exact) mass is 268 g/mol. The van der Waals surface area contributed by atoms with Gasteiger partial charge in [-0.05, 0) is 37.5 Å². The number of carbonyl (C=O) groups is 1. The smallest absolute Gasteiger partial charge is 0.166 e. The molecule has 0 amide bonds. The van der Waals surface area contributed by atoms with E-state index >= 15 is 0 Å². The van der Waals surface area contributed by atoms with Gasteiger partial charge in [-0.3, -0.25) is 4.79 Å². The lowest BCUT2D eigenvalue weighted by atomic mass is 10.1. The first-order valence-electron chi connectivity index (χ1n) is 6.87. The Labute approximate surface area is 120 Å². The highest BCUT2D eigenvalue weighted by Crippen LogP contribution is 2.25. The van der Waals surface area contributed by atoms with Crippen LogP contribution >= 0.6 is 0 Å². The molecule has 2 nitrogen and oxygen atoms in total. The number of hydrogen-bond donors (Lipinski definition) is 0. The minimum atomic E-state index is 0.119. The second-order valence-corrected chi connectivity index (χ2v) is 5.04. The minimum absolute atomic E-state index is 0.119. The van der Waals surface area contributed by atoms with Crippen LogP contribution in [0.4, 0.5) is 0 Å². The Morgan fingerprint density at radius 1 is 0.950 bits per heavy atom. The predicted octanol–water partition coefficient (Wildman–Crippen LogP) is 4.26. The normalized spacial score (nSPS) is 10.3. The summed E-state index contributed by atoms with van der Waals surface area (Å²) in [7, 11) is 0. The van der Waals surface area contributed by atoms with E-state index in [1.54, 1.807) is 0 Å². The van der Waals surface area contributed by atoms with Crippen molar-refractivity contribution in [2.24, 2.45) is 0 Å². The van der Waals surface area contributed by atoms with Crippen LogP contribution in [-0.2, 0) is 0 Å². The molecule has 2 aromatic rings. The standard InChI is InChI=1S/C18H20O2/c1-13-9-10-14(2)18(15(13)3)20-12-11-17(19)16-7-5-4-6-8-16/h4-10H,11-12H2,1-3H3. The molecule has 0 aromatic heterocycles. The third-order valence-corrected chi connectivity index (χ3v) is 3.54. The lowest BCUT2D eigenvalue weighted by molar-refractivity contribution is 0.0962. The molecule has 2 heteroatoms. The fraction of sp³-hybridized carbons (Fsp3) is 0.278. The molecule has 0 bridgehead atoms. The Morgan fingerprint density at radius 3 is 2.30 bits per heavy atom. The van der Waals surface area contributed by atoms with E-state index in [0.29, 0.717) is 13.0 Å². The summed E-state index contributed by atoms with van der Waals surface area (Å²) in [5, 5.41) is 0. The first-order valence-corrected chi connectivity index (χ1v) is 6.87. The zero-order valence-corrected chi connectivity index (χ0v) is 12.3. The van der Waals surface area contributed by atoms with Crippen molar-refractivity contribution in [2.45, 2.75) is 27.2 Å². The molecular weight excluding hydrogens is 248 g/mol. The SMILES string of the molecule is Cc1ccc(C)c(OCCC(=O)c2ccccc2)c1C. The molecule has 0 unspecified atom stereocenters. The highest BCUT2D eigenvalue weighted by molar-refractivity contribution is 5.96. The third-order valence-electron chi connectivity index (χ3n) is 3.54. The van der Waals surface area contributed by atoms with Gasteiger partial charge in [-0.2, -0.15) is 0 Å². The van der Waals surface area contributed by atoms with Crippen LogP contribution in [0.3, 0.4) is 0 Å². The predicted molar refractivity (Wildman–Crippen MR) is 81.5 cm³/mol. The van der Waals surface area contributed by atoms with Gasteiger partial charge in [-0.1, -0.05) is 42.5 Å². The van der Waals surface area contributed by atoms with Gasteiger partial charge < -0.3 is 4.74 Å². The molecule has 0 saturated carbocycles. The minimum Gasteiger partial charge on any atom is -0.493 e. The zero-order chi connectivity index (χ0) is 14.5. The Bertz CT molecular complexity index is 600. The average Bonchev–Trinajstić information content (AvgIpc) is 2.47. The molecule has 0 fully saturated rings. The maximum Gasteiger partial charge on any atom is 0.166 e. The zero-order valence-electron chi connectivity index (χ0n) is 12.3. The van der Waals surface area contributed by atoms with Crippen molar-refractivity contribution < 1.29 is 9.53 Å². The maximum atomic E-state index is 12.0. The summed E-state index contributed by atoms with van der Waals surface area (Å²) in [5.41, 5.74) is 4.21. The van der Waals surface area contributed by atoms with E-state index in [4.69, 9.17) is 4.74 Å². The summed E-state index contributed by atoms with van der Waals surface area (Å²) >= 11 is 0. The number of aryl methyl sites for hydroxylation is 2. The van der Waals surface area contributed by atoms with Crippen molar-refractivity contribution >= 4 is 5.78 Å². The number of Topliss-reactive ketones (excluding diaryl/α,β-unsaturated/α-hetero) is 1. The second kappa shape index (κ2) is 6.38. The highest BCUT2D eigenvalue weighted by Gasteiger charge is 2.09. The quantitative estimate of drug-likeness (QED) is 0.757. The van der Waals surface area contributed by atoms with Crippen molar-refractivity contribution in [3.63, 3.8) is 0 Å². The molecule has 0 aliphatic carbocycles. The molecule has 20 heavy (non-hydrogen) atoms. The summed E-state index contributed by atoms with van der Waals surface area (Å²) in [4.78, 5) is 12.0. The van der Waals surface area contributed by atoms with Crippen LogP contribution in [0.5, 0.6) is 5.75 Å². The third kappa shape index (κ3) is 3.27. The molecule has 0 atom stereocenters. The van der Waals surface area contributed by atoms with Gasteiger partial charge in [0.05, 0.1) is 6.61 Å². The molecule has 0 radical (unpaired) electrons. The summed E-state index contributed by atoms with van der Waals surface area (Å²) in [6.45, 7) is 6.56. The van der Waals surface area contributed by atoms with E-state index in [1.165, 1.54) is 5.56 Å². The largest absolute Gasteiger partial charge is 0.493 e. The van der Waals surface area contributed by atoms with Crippen LogP contribution in [-0.4, -0.2) is 12.4 Å². The number of benzene rings is 2. The molecule has 0 saturated heterocycles. The first kappa shape index (κ1) is 14.3. The van der Waals surface area contributed by atoms with Gasteiger partial charge >= 0.3 is 0 Å². The number of rotatable bonds is 5. The second-order valence-electron chi connectivity index (χ2n) is 5.04. The fourth-order valence-corrected chi connectivity index (χ4v) is 2.16. The summed E-state index contributed by atoms with van der Waals surface area (Å²) < 4.78 is 5.82. The van der Waals surface area contributed by atoms with E-state index in [-0.39, 0.29) is 5.78 Å². The highest BCUT2D eigenvalue weighted by atomic mass is 16.5. The number of ether oxygens (including phenoxy) is 1. The van der Waals surface area contributed by atoms with Crippen molar-refractivity contribution in [3.05, 3.63) is 64.7 Å². The Kier molecular flexibility index (Phi) is 4.57. The van der Waals surface area contributed by atoms with Gasteiger partial charge in [0.2, 0.25) is 0 Å². The van der Waals surface area contributed by atoms with Crippen LogP contribution in [0.15, 0.2) is 42.5 Å². The van der Waals surface area contributed by atoms with E-state index in [0.717, 1.165) is 22.4 Å². The lowest BCUT2D eigenvalue weighted by Crippen LogP contribution is -2.08. The first-order chi connectivity index (χ1) is 9.59. The lowest BCUT2D eigenvalue weighted by Gasteiger charge is -2.13. The fourth-order valence-electron chi connectivity index (χ4n) is 2.16. The summed E-state index contributed by atoms with van der Waals surface area (Å²) in [6, 6.07) is 13.5. The van der Waals surface area contributed by atoms with Crippen LogP contribution in [0, 0.1) is 20.8 Å². The van der Waals surface area contributed by atoms with E-state index in [1.807, 2.05) is 37.3 Å². The van der Waals surface area contributed by atoms with Gasteiger partial charge in [0.15, 0.2) is 5.78 Å². The number of ketones is 1. The molecule has 0 N–H and O–H groups in total. The van der Waals surface area contributed by atoms with Crippen molar-refractivity contribution in [2.75, 3.05) is 6.61 Å². The van der Waals surface area contributed by atoms with Gasteiger partial charge in [-0.15, -0.1) is 0 Å². The Morgan fingerprint density at radius 2 is 1.60 bits per heavy atom. The van der Waals surface area contributed by atoms with Gasteiger partial charge in [0, 0.05) is 12.0 Å². The Balaban J connectivity index is 1.97. The maximum absolute atomic E-state index is 12.0. The molecule has 0 heterocycles. The van der Waals surface area contributed by atoms with Crippen LogP contribution in [0.1, 0.15) is 33.5 Å². The van der Waals surface area contributed by atoms with Crippen molar-refractivity contribution in [1.82, 2.24) is 0 Å². The van der Waals surface area contributed by atoms with Gasteiger partial charge in [0.1, 0.15) is 5.75 Å². The topological polar surface area (TPSA) is 26.3 Å². The molecular formula is C18H20O2. The summed E-state index contributed by atoms with van der Waals surface area (Å²) in [6.07, 6.45) is 0.400. The molecule has 0 aliphatic heterocycles. The molecule has 0 spiro atoms. The van der Waals surface area contributed by atoms with Gasteiger partial charge in [-0.25, -0.2) is 0 Å². The number of carbonyl (C=O) groups excluding carboxylic acids is 1. The van der Waals surface area contributed by atoms with Crippen LogP contribution in [0.25, 0.3) is 0 Å². The van der Waals surface area contributed by atoms with Crippen molar-refractivity contribution in [3.8, 4) is 5.75 Å². The molecule has 2 aromatic carbocycles. The summed E-state index contributed by atoms with van der Waals surface area (Å²) in [5.74, 6) is 1.03. The molecule has 0 aliphatic rings. The van der Waals surface area contributed by atoms with E-state index in [2.05, 4.69) is 26.0 Å².